The number of aliphatic hydroxyl groups is 1. The number of amides is 1. The molecule has 1 amide bonds. The van der Waals surface area contributed by atoms with Crippen molar-refractivity contribution in [1.82, 2.24) is 0 Å². The van der Waals surface area contributed by atoms with Gasteiger partial charge in [0.2, 0.25) is 5.70 Å². The zero-order valence-electron chi connectivity index (χ0n) is 15.8. The number of carbonyl (C=O) groups is 2. The van der Waals surface area contributed by atoms with Gasteiger partial charge in [-0.15, -0.1) is 10.2 Å². The summed E-state index contributed by atoms with van der Waals surface area (Å²) in [6.45, 7) is 3.06. The number of nitrogens with zero attached hydrogens (tertiary/aromatic N) is 2. The number of hydrogen-bond acceptors (Lipinski definition) is 7. The van der Waals surface area contributed by atoms with Crippen LogP contribution in [0.15, 0.2) is 70.2 Å². The van der Waals surface area contributed by atoms with Crippen molar-refractivity contribution >= 4 is 23.3 Å². The van der Waals surface area contributed by atoms with E-state index in [1.54, 1.807) is 31.2 Å². The second kappa shape index (κ2) is 9.86. The Morgan fingerprint density at radius 2 is 1.86 bits per heavy atom. The summed E-state index contributed by atoms with van der Waals surface area (Å²) in [4.78, 5) is 24.3. The molecule has 0 unspecified atom stereocenters. The van der Waals surface area contributed by atoms with E-state index in [9.17, 15) is 14.7 Å². The van der Waals surface area contributed by atoms with E-state index < -0.39 is 5.97 Å². The Hall–Kier alpha value is -3.68. The van der Waals surface area contributed by atoms with Gasteiger partial charge in [0.15, 0.2) is 0 Å². The van der Waals surface area contributed by atoms with Gasteiger partial charge in [-0.3, -0.25) is 4.79 Å². The average Bonchev–Trinajstić information content (AvgIpc) is 2.68. The van der Waals surface area contributed by atoms with Crippen molar-refractivity contribution in [3.63, 3.8) is 0 Å². The van der Waals surface area contributed by atoms with Gasteiger partial charge < -0.3 is 19.9 Å². The molecule has 2 aromatic rings. The summed E-state index contributed by atoms with van der Waals surface area (Å²) in [5.41, 5.74) is 0.852. The van der Waals surface area contributed by atoms with Gasteiger partial charge in [-0.05, 0) is 44.2 Å². The van der Waals surface area contributed by atoms with Gasteiger partial charge >= 0.3 is 5.97 Å². The summed E-state index contributed by atoms with van der Waals surface area (Å²) in [7, 11) is 1.44. The third-order valence-corrected chi connectivity index (χ3v) is 3.54. The maximum atomic E-state index is 12.5. The lowest BCUT2D eigenvalue weighted by Gasteiger charge is -2.08. The Kier molecular flexibility index (Phi) is 7.27. The van der Waals surface area contributed by atoms with Gasteiger partial charge in [-0.25, -0.2) is 4.79 Å². The number of rotatable bonds is 7. The van der Waals surface area contributed by atoms with Crippen molar-refractivity contribution in [2.75, 3.05) is 19.0 Å². The number of benzene rings is 2. The normalized spacial score (nSPS) is 11.7. The lowest BCUT2D eigenvalue weighted by Crippen LogP contribution is -2.11. The summed E-state index contributed by atoms with van der Waals surface area (Å²) in [5.74, 6) is -1.13. The maximum Gasteiger partial charge on any atom is 0.362 e. The summed E-state index contributed by atoms with van der Waals surface area (Å²) >= 11 is 0. The number of azo groups is 1. The number of allylic oxidation sites excluding steroid dienone is 1. The number of nitrogens with one attached hydrogen (secondary N) is 1. The van der Waals surface area contributed by atoms with E-state index in [0.717, 1.165) is 0 Å². The predicted molar refractivity (Wildman–Crippen MR) is 104 cm³/mol. The molecule has 146 valence electrons. The second-order valence-electron chi connectivity index (χ2n) is 5.56. The molecule has 8 nitrogen and oxygen atoms in total. The highest BCUT2D eigenvalue weighted by molar-refractivity contribution is 6.05. The number of hydrogen-bond donors (Lipinski definition) is 2. The molecule has 0 heterocycles. The van der Waals surface area contributed by atoms with Gasteiger partial charge in [-0.1, -0.05) is 18.2 Å². The van der Waals surface area contributed by atoms with Crippen LogP contribution in [0.2, 0.25) is 0 Å². The molecule has 0 aliphatic rings. The molecule has 0 fully saturated rings. The predicted octanol–water partition coefficient (Wildman–Crippen LogP) is 4.38. The molecular formula is C20H21N3O5. The highest BCUT2D eigenvalue weighted by Gasteiger charge is 2.15. The Labute approximate surface area is 162 Å². The SMILES string of the molecule is CCOC(=O)/C(N=Nc1cc(C(=O)Nc2ccccc2)ccc1OC)=C(/C)O. The first-order valence-electron chi connectivity index (χ1n) is 8.49. The fourth-order valence-electron chi connectivity index (χ4n) is 2.20. The fourth-order valence-corrected chi connectivity index (χ4v) is 2.20. The van der Waals surface area contributed by atoms with E-state index in [2.05, 4.69) is 15.5 Å². The molecule has 0 saturated heterocycles. The zero-order chi connectivity index (χ0) is 20.5. The van der Waals surface area contributed by atoms with Crippen LogP contribution in [0.3, 0.4) is 0 Å². The minimum absolute atomic E-state index is 0.129. The van der Waals surface area contributed by atoms with Crippen molar-refractivity contribution < 1.29 is 24.2 Å². The highest BCUT2D eigenvalue weighted by Crippen LogP contribution is 2.30. The zero-order valence-corrected chi connectivity index (χ0v) is 15.8. The van der Waals surface area contributed by atoms with Crippen molar-refractivity contribution in [1.29, 1.82) is 0 Å². The topological polar surface area (TPSA) is 110 Å². The minimum atomic E-state index is -0.803. The lowest BCUT2D eigenvalue weighted by atomic mass is 10.1. The van der Waals surface area contributed by atoms with Crippen LogP contribution < -0.4 is 10.1 Å². The van der Waals surface area contributed by atoms with Crippen molar-refractivity contribution in [2.24, 2.45) is 10.2 Å². The van der Waals surface area contributed by atoms with Crippen molar-refractivity contribution in [3.8, 4) is 5.75 Å². The summed E-state index contributed by atoms with van der Waals surface area (Å²) in [6.07, 6.45) is 0. The van der Waals surface area contributed by atoms with Crippen LogP contribution in [0.5, 0.6) is 5.75 Å². The van der Waals surface area contributed by atoms with Crippen LogP contribution in [0.4, 0.5) is 11.4 Å². The van der Waals surface area contributed by atoms with Crippen LogP contribution in [0.25, 0.3) is 0 Å². The van der Waals surface area contributed by atoms with Gasteiger partial charge in [-0.2, -0.15) is 0 Å². The highest BCUT2D eigenvalue weighted by atomic mass is 16.5. The van der Waals surface area contributed by atoms with E-state index in [1.807, 2.05) is 18.2 Å². The molecule has 0 bridgehead atoms. The summed E-state index contributed by atoms with van der Waals surface area (Å²) < 4.78 is 10.1. The summed E-state index contributed by atoms with van der Waals surface area (Å²) in [5, 5.41) is 20.1. The fraction of sp³-hybridized carbons (Fsp3) is 0.200. The quantitative estimate of drug-likeness (QED) is 0.319. The molecule has 2 rings (SSSR count). The first kappa shape index (κ1) is 20.6. The molecule has 28 heavy (non-hydrogen) atoms. The van der Waals surface area contributed by atoms with Gasteiger partial charge in [0.25, 0.3) is 5.91 Å². The van der Waals surface area contributed by atoms with Crippen LogP contribution >= 0.6 is 0 Å². The number of aliphatic hydroxyl groups excluding tert-OH is 1. The average molecular weight is 383 g/mol. The molecule has 0 saturated carbocycles. The van der Waals surface area contributed by atoms with E-state index in [4.69, 9.17) is 9.47 Å². The Morgan fingerprint density at radius 3 is 2.46 bits per heavy atom. The van der Waals surface area contributed by atoms with Crippen molar-refractivity contribution in [3.05, 3.63) is 65.6 Å². The molecule has 0 radical (unpaired) electrons. The molecule has 8 heteroatoms. The number of methoxy groups -OCH3 is 1. The molecule has 2 N–H and O–H groups in total. The molecule has 0 aliphatic heterocycles. The van der Waals surface area contributed by atoms with Crippen LogP contribution in [-0.2, 0) is 9.53 Å². The van der Waals surface area contributed by atoms with Crippen molar-refractivity contribution in [2.45, 2.75) is 13.8 Å². The molecule has 0 aromatic heterocycles. The number of para-hydroxylation sites is 1. The number of esters is 1. The smallest absolute Gasteiger partial charge is 0.362 e. The second-order valence-corrected chi connectivity index (χ2v) is 5.56. The monoisotopic (exact) mass is 383 g/mol. The third kappa shape index (κ3) is 5.41. The van der Waals surface area contributed by atoms with E-state index in [1.165, 1.54) is 20.1 Å². The molecule has 0 atom stereocenters. The lowest BCUT2D eigenvalue weighted by molar-refractivity contribution is -0.138. The number of ether oxygens (including phenoxy) is 2. The number of carbonyl (C=O) groups excluding carboxylic acids is 2. The van der Waals surface area contributed by atoms with Crippen LogP contribution in [0, 0.1) is 0 Å². The standard InChI is InChI=1S/C20H21N3O5/c1-4-28-20(26)18(13(2)24)23-22-16-12-14(10-11-17(16)27-3)19(25)21-15-8-6-5-7-9-15/h5-12,24H,4H2,1-3H3,(H,21,25)/b18-13+,23-22?. The summed E-state index contributed by atoms with van der Waals surface area (Å²) in [6, 6.07) is 13.6. The Morgan fingerprint density at radius 1 is 1.14 bits per heavy atom. The first-order chi connectivity index (χ1) is 13.5. The van der Waals surface area contributed by atoms with Crippen LogP contribution in [0.1, 0.15) is 24.2 Å². The Bertz CT molecular complexity index is 903. The van der Waals surface area contributed by atoms with Gasteiger partial charge in [0.05, 0.1) is 13.7 Å². The number of anilines is 1. The third-order valence-electron chi connectivity index (χ3n) is 3.54. The van der Waals surface area contributed by atoms with E-state index in [-0.39, 0.29) is 29.7 Å². The van der Waals surface area contributed by atoms with Gasteiger partial charge in [0.1, 0.15) is 17.2 Å². The maximum absolute atomic E-state index is 12.5. The van der Waals surface area contributed by atoms with Crippen LogP contribution in [-0.4, -0.2) is 30.7 Å². The molecule has 0 aliphatic carbocycles. The molecular weight excluding hydrogens is 362 g/mol. The van der Waals surface area contributed by atoms with E-state index >= 15 is 0 Å². The largest absolute Gasteiger partial charge is 0.510 e. The first-order valence-corrected chi connectivity index (χ1v) is 8.49. The molecule has 0 spiro atoms. The molecule has 2 aromatic carbocycles. The minimum Gasteiger partial charge on any atom is -0.510 e. The van der Waals surface area contributed by atoms with Gasteiger partial charge in [0, 0.05) is 11.3 Å². The van der Waals surface area contributed by atoms with E-state index in [0.29, 0.717) is 17.0 Å². The Balaban J connectivity index is 2.30.